The lowest BCUT2D eigenvalue weighted by Crippen LogP contribution is -2.34. The molecule has 0 aliphatic carbocycles. The number of rotatable bonds is 6. The third kappa shape index (κ3) is 4.03. The molecular formula is C20H24N4O2S. The summed E-state index contributed by atoms with van der Waals surface area (Å²) < 4.78 is 5.21. The van der Waals surface area contributed by atoms with Gasteiger partial charge in [-0.25, -0.2) is 9.97 Å². The predicted octanol–water partition coefficient (Wildman–Crippen LogP) is 4.09. The molecule has 7 heteroatoms. The Labute approximate surface area is 163 Å². The molecule has 0 atom stereocenters. The molecule has 1 aromatic carbocycles. The number of methoxy groups -OCH3 is 1. The summed E-state index contributed by atoms with van der Waals surface area (Å²) in [6, 6.07) is 7.33. The number of aromatic nitrogens is 2. The van der Waals surface area contributed by atoms with Crippen molar-refractivity contribution in [3.63, 3.8) is 0 Å². The van der Waals surface area contributed by atoms with E-state index in [0.717, 1.165) is 16.0 Å². The van der Waals surface area contributed by atoms with Crippen LogP contribution in [0.25, 0.3) is 10.2 Å². The maximum Gasteiger partial charge on any atom is 0.243 e. The molecule has 0 aliphatic heterocycles. The lowest BCUT2D eigenvalue weighted by atomic mass is 10.2. The Kier molecular flexibility index (Phi) is 5.60. The fourth-order valence-corrected chi connectivity index (χ4v) is 4.04. The molecule has 0 fully saturated rings. The van der Waals surface area contributed by atoms with Gasteiger partial charge in [0.1, 0.15) is 22.2 Å². The lowest BCUT2D eigenvalue weighted by molar-refractivity contribution is -0.115. The molecule has 1 N–H and O–H groups in total. The number of fused-ring (bicyclic) bond motifs is 1. The Morgan fingerprint density at radius 2 is 2.04 bits per heavy atom. The van der Waals surface area contributed by atoms with Gasteiger partial charge < -0.3 is 15.0 Å². The van der Waals surface area contributed by atoms with Crippen LogP contribution in [0.3, 0.4) is 0 Å². The van der Waals surface area contributed by atoms with Gasteiger partial charge in [-0.2, -0.15) is 0 Å². The van der Waals surface area contributed by atoms with E-state index in [9.17, 15) is 4.79 Å². The molecule has 27 heavy (non-hydrogen) atoms. The Balaban J connectivity index is 1.87. The first-order valence-electron chi connectivity index (χ1n) is 8.86. The van der Waals surface area contributed by atoms with Crippen LogP contribution in [-0.2, 0) is 4.79 Å². The van der Waals surface area contributed by atoms with Crippen LogP contribution in [0.5, 0.6) is 5.75 Å². The molecule has 0 saturated heterocycles. The zero-order valence-corrected chi connectivity index (χ0v) is 17.1. The monoisotopic (exact) mass is 384 g/mol. The summed E-state index contributed by atoms with van der Waals surface area (Å²) in [6.45, 7) is 8.97. The molecule has 3 rings (SSSR count). The van der Waals surface area contributed by atoms with Crippen LogP contribution in [0.2, 0.25) is 0 Å². The van der Waals surface area contributed by atoms with E-state index >= 15 is 0 Å². The molecule has 0 saturated carbocycles. The van der Waals surface area contributed by atoms with E-state index in [1.54, 1.807) is 24.5 Å². The lowest BCUT2D eigenvalue weighted by Gasteiger charge is -2.23. The highest BCUT2D eigenvalue weighted by atomic mass is 32.1. The van der Waals surface area contributed by atoms with Crippen LogP contribution >= 0.6 is 11.3 Å². The van der Waals surface area contributed by atoms with E-state index in [2.05, 4.69) is 29.1 Å². The third-order valence-corrected chi connectivity index (χ3v) is 5.59. The summed E-state index contributed by atoms with van der Waals surface area (Å²) in [5.74, 6) is 2.14. The van der Waals surface area contributed by atoms with E-state index in [1.807, 2.05) is 36.9 Å². The molecule has 142 valence electrons. The van der Waals surface area contributed by atoms with Gasteiger partial charge >= 0.3 is 0 Å². The fraction of sp³-hybridized carbons (Fsp3) is 0.350. The van der Waals surface area contributed by atoms with E-state index in [0.29, 0.717) is 23.8 Å². The number of hydrogen-bond acceptors (Lipinski definition) is 6. The first kappa shape index (κ1) is 19.1. The summed E-state index contributed by atoms with van der Waals surface area (Å²) in [7, 11) is 1.60. The average Bonchev–Trinajstić information content (AvgIpc) is 2.93. The first-order valence-corrected chi connectivity index (χ1v) is 9.67. The second-order valence-corrected chi connectivity index (χ2v) is 7.56. The van der Waals surface area contributed by atoms with Crippen LogP contribution in [-0.4, -0.2) is 36.1 Å². The minimum Gasteiger partial charge on any atom is -0.497 e. The number of likely N-dealkylation sites (N-methyl/N-ethyl adjacent to an activating group) is 1. The normalized spacial score (nSPS) is 10.9. The second kappa shape index (κ2) is 7.92. The number of aryl methyl sites for hydroxylation is 3. The van der Waals surface area contributed by atoms with Crippen LogP contribution in [0.1, 0.15) is 23.2 Å². The van der Waals surface area contributed by atoms with Crippen molar-refractivity contribution in [1.29, 1.82) is 0 Å². The van der Waals surface area contributed by atoms with Crippen molar-refractivity contribution < 1.29 is 9.53 Å². The Bertz CT molecular complexity index is 984. The van der Waals surface area contributed by atoms with E-state index in [4.69, 9.17) is 4.74 Å². The van der Waals surface area contributed by atoms with Crippen molar-refractivity contribution >= 4 is 39.0 Å². The van der Waals surface area contributed by atoms with Gasteiger partial charge in [-0.1, -0.05) is 6.07 Å². The number of benzene rings is 1. The molecule has 0 bridgehead atoms. The minimum atomic E-state index is -0.0980. The molecule has 0 unspecified atom stereocenters. The van der Waals surface area contributed by atoms with Crippen molar-refractivity contribution in [3.05, 3.63) is 40.5 Å². The van der Waals surface area contributed by atoms with Gasteiger partial charge in [0.05, 0.1) is 19.0 Å². The molecule has 2 heterocycles. The van der Waals surface area contributed by atoms with E-state index < -0.39 is 0 Å². The number of thiophene rings is 1. The SMILES string of the molecule is CCN(CC(=O)Nc1cccc(OC)c1)c1nc(C)nc2sc(C)c(C)c12. The number of hydrogen-bond donors (Lipinski definition) is 1. The predicted molar refractivity (Wildman–Crippen MR) is 111 cm³/mol. The summed E-state index contributed by atoms with van der Waals surface area (Å²) in [4.78, 5) is 26.0. The summed E-state index contributed by atoms with van der Waals surface area (Å²) in [5.41, 5.74) is 1.89. The van der Waals surface area contributed by atoms with Crippen LogP contribution < -0.4 is 15.0 Å². The van der Waals surface area contributed by atoms with Crippen molar-refractivity contribution in [2.45, 2.75) is 27.7 Å². The van der Waals surface area contributed by atoms with Gasteiger partial charge in [0.25, 0.3) is 0 Å². The van der Waals surface area contributed by atoms with E-state index in [1.165, 1.54) is 10.4 Å². The van der Waals surface area contributed by atoms with Crippen LogP contribution in [0.4, 0.5) is 11.5 Å². The number of ether oxygens (including phenoxy) is 1. The average molecular weight is 385 g/mol. The van der Waals surface area contributed by atoms with Crippen molar-refractivity contribution in [2.24, 2.45) is 0 Å². The number of carbonyl (C=O) groups excluding carboxylic acids is 1. The van der Waals surface area contributed by atoms with Crippen LogP contribution in [0.15, 0.2) is 24.3 Å². The second-order valence-electron chi connectivity index (χ2n) is 6.35. The highest BCUT2D eigenvalue weighted by Crippen LogP contribution is 2.34. The number of nitrogens with one attached hydrogen (secondary N) is 1. The summed E-state index contributed by atoms with van der Waals surface area (Å²) >= 11 is 1.67. The zero-order chi connectivity index (χ0) is 19.6. The maximum atomic E-state index is 12.6. The number of anilines is 2. The fourth-order valence-electron chi connectivity index (χ4n) is 2.97. The van der Waals surface area contributed by atoms with Gasteiger partial charge in [-0.15, -0.1) is 11.3 Å². The number of carbonyl (C=O) groups is 1. The quantitative estimate of drug-likeness (QED) is 0.693. The van der Waals surface area contributed by atoms with Crippen molar-refractivity contribution in [3.8, 4) is 5.75 Å². The minimum absolute atomic E-state index is 0.0980. The highest BCUT2D eigenvalue weighted by Gasteiger charge is 2.19. The topological polar surface area (TPSA) is 67.4 Å². The smallest absolute Gasteiger partial charge is 0.243 e. The molecule has 2 aromatic heterocycles. The number of amides is 1. The summed E-state index contributed by atoms with van der Waals surface area (Å²) in [6.07, 6.45) is 0. The Morgan fingerprint density at radius 1 is 1.26 bits per heavy atom. The zero-order valence-electron chi connectivity index (χ0n) is 16.3. The third-order valence-electron chi connectivity index (χ3n) is 4.49. The van der Waals surface area contributed by atoms with Gasteiger partial charge in [0.15, 0.2) is 0 Å². The van der Waals surface area contributed by atoms with Gasteiger partial charge in [-0.05, 0) is 45.4 Å². The molecule has 0 aliphatic rings. The Hall–Kier alpha value is -2.67. The molecular weight excluding hydrogens is 360 g/mol. The highest BCUT2D eigenvalue weighted by molar-refractivity contribution is 7.18. The largest absolute Gasteiger partial charge is 0.497 e. The van der Waals surface area contributed by atoms with Gasteiger partial charge in [0.2, 0.25) is 5.91 Å². The molecule has 0 radical (unpaired) electrons. The standard InChI is InChI=1S/C20H24N4O2S/c1-6-24(11-17(25)23-15-8-7-9-16(10-15)26-5)19-18-12(2)13(3)27-20(18)22-14(4)21-19/h7-10H,6,11H2,1-5H3,(H,23,25). The first-order chi connectivity index (χ1) is 12.9. The van der Waals surface area contributed by atoms with Gasteiger partial charge in [-0.3, -0.25) is 4.79 Å². The maximum absolute atomic E-state index is 12.6. The van der Waals surface area contributed by atoms with Gasteiger partial charge in [0, 0.05) is 23.2 Å². The number of nitrogens with zero attached hydrogens (tertiary/aromatic N) is 3. The summed E-state index contributed by atoms with van der Waals surface area (Å²) in [5, 5.41) is 3.97. The molecule has 1 amide bonds. The molecule has 3 aromatic rings. The van der Waals surface area contributed by atoms with Crippen molar-refractivity contribution in [1.82, 2.24) is 9.97 Å². The van der Waals surface area contributed by atoms with Crippen molar-refractivity contribution in [2.75, 3.05) is 30.4 Å². The van der Waals surface area contributed by atoms with Crippen LogP contribution in [0, 0.1) is 20.8 Å². The molecule has 0 spiro atoms. The molecule has 6 nitrogen and oxygen atoms in total. The van der Waals surface area contributed by atoms with E-state index in [-0.39, 0.29) is 12.5 Å². The Morgan fingerprint density at radius 3 is 2.74 bits per heavy atom.